The van der Waals surface area contributed by atoms with Gasteiger partial charge >= 0.3 is 0 Å². The Labute approximate surface area is 118 Å². The van der Waals surface area contributed by atoms with E-state index < -0.39 is 0 Å². The van der Waals surface area contributed by atoms with Gasteiger partial charge in [0.25, 0.3) is 0 Å². The molecule has 1 unspecified atom stereocenters. The molecule has 1 aliphatic rings. The molecule has 4 rings (SSSR count). The number of H-pyrrole nitrogens is 1. The number of aromatic nitrogens is 2. The molecule has 3 aromatic rings. The number of nitrogens with zero attached hydrogens (tertiary/aromatic N) is 2. The zero-order chi connectivity index (χ0) is 13.5. The van der Waals surface area contributed by atoms with Crippen LogP contribution in [0.4, 0.5) is 5.69 Å². The van der Waals surface area contributed by atoms with Crippen molar-refractivity contribution in [1.29, 1.82) is 0 Å². The van der Waals surface area contributed by atoms with E-state index in [0.717, 1.165) is 18.5 Å². The Morgan fingerprint density at radius 1 is 1.20 bits per heavy atom. The molecule has 0 saturated heterocycles. The van der Waals surface area contributed by atoms with Gasteiger partial charge in [-0.15, -0.1) is 0 Å². The average Bonchev–Trinajstić information content (AvgIpc) is 2.95. The molecule has 0 fully saturated rings. The summed E-state index contributed by atoms with van der Waals surface area (Å²) in [6, 6.07) is 15.7. The van der Waals surface area contributed by atoms with E-state index in [1.54, 1.807) is 0 Å². The molecule has 1 aromatic heterocycles. The number of benzene rings is 2. The number of fused-ring (bicyclic) bond motifs is 2. The van der Waals surface area contributed by atoms with Gasteiger partial charge in [-0.25, -0.2) is 0 Å². The van der Waals surface area contributed by atoms with Crippen molar-refractivity contribution in [3.8, 4) is 0 Å². The van der Waals surface area contributed by atoms with Gasteiger partial charge in [0.1, 0.15) is 0 Å². The van der Waals surface area contributed by atoms with Crippen LogP contribution in [-0.4, -0.2) is 16.7 Å². The second-order valence-electron chi connectivity index (χ2n) is 5.46. The van der Waals surface area contributed by atoms with Gasteiger partial charge in [-0.05, 0) is 42.7 Å². The lowest BCUT2D eigenvalue weighted by Crippen LogP contribution is -2.33. The van der Waals surface area contributed by atoms with Crippen LogP contribution in [0.2, 0.25) is 0 Å². The molecule has 20 heavy (non-hydrogen) atoms. The van der Waals surface area contributed by atoms with Crippen LogP contribution in [0.5, 0.6) is 0 Å². The quantitative estimate of drug-likeness (QED) is 0.726. The first-order valence-electron chi connectivity index (χ1n) is 7.10. The second kappa shape index (κ2) is 4.37. The van der Waals surface area contributed by atoms with E-state index in [2.05, 4.69) is 64.5 Å². The van der Waals surface area contributed by atoms with E-state index in [1.807, 2.05) is 6.20 Å². The second-order valence-corrected chi connectivity index (χ2v) is 5.46. The number of hydrogen-bond acceptors (Lipinski definition) is 2. The third kappa shape index (κ3) is 1.70. The van der Waals surface area contributed by atoms with Gasteiger partial charge in [-0.2, -0.15) is 5.10 Å². The molecule has 100 valence electrons. The van der Waals surface area contributed by atoms with Gasteiger partial charge in [-0.3, -0.25) is 5.10 Å². The molecule has 0 bridgehead atoms. The number of hydrogen-bond donors (Lipinski definition) is 1. The molecule has 1 atom stereocenters. The van der Waals surface area contributed by atoms with Crippen molar-refractivity contribution in [2.75, 3.05) is 11.4 Å². The zero-order valence-electron chi connectivity index (χ0n) is 11.5. The third-order valence-electron chi connectivity index (χ3n) is 4.35. The van der Waals surface area contributed by atoms with Crippen molar-refractivity contribution in [2.45, 2.75) is 19.4 Å². The summed E-state index contributed by atoms with van der Waals surface area (Å²) < 4.78 is 0. The summed E-state index contributed by atoms with van der Waals surface area (Å²) in [5.74, 6) is 0. The van der Waals surface area contributed by atoms with E-state index >= 15 is 0 Å². The Morgan fingerprint density at radius 3 is 3.05 bits per heavy atom. The van der Waals surface area contributed by atoms with E-state index in [1.165, 1.54) is 22.2 Å². The highest BCUT2D eigenvalue weighted by molar-refractivity contribution is 5.82. The minimum Gasteiger partial charge on any atom is -0.364 e. The largest absolute Gasteiger partial charge is 0.364 e. The summed E-state index contributed by atoms with van der Waals surface area (Å²) in [5, 5.41) is 8.28. The molecule has 3 heteroatoms. The minimum absolute atomic E-state index is 0.421. The van der Waals surface area contributed by atoms with Crippen molar-refractivity contribution in [3.05, 3.63) is 59.8 Å². The first-order valence-corrected chi connectivity index (χ1v) is 7.10. The van der Waals surface area contributed by atoms with Crippen molar-refractivity contribution >= 4 is 16.6 Å². The molecule has 1 N–H and O–H groups in total. The van der Waals surface area contributed by atoms with E-state index in [4.69, 9.17) is 0 Å². The third-order valence-corrected chi connectivity index (χ3v) is 4.35. The van der Waals surface area contributed by atoms with Crippen molar-refractivity contribution in [1.82, 2.24) is 10.2 Å². The van der Waals surface area contributed by atoms with Crippen LogP contribution in [0.3, 0.4) is 0 Å². The maximum Gasteiger partial charge on any atom is 0.0651 e. The van der Waals surface area contributed by atoms with Gasteiger partial charge in [-0.1, -0.05) is 24.3 Å². The molecule has 2 heterocycles. The molecular weight excluding hydrogens is 246 g/mol. The van der Waals surface area contributed by atoms with E-state index in [0.29, 0.717) is 6.04 Å². The molecule has 0 aliphatic carbocycles. The molecule has 3 nitrogen and oxygen atoms in total. The van der Waals surface area contributed by atoms with Gasteiger partial charge in [0.05, 0.1) is 17.8 Å². The summed E-state index contributed by atoms with van der Waals surface area (Å²) in [6.45, 7) is 3.36. The van der Waals surface area contributed by atoms with Crippen LogP contribution >= 0.6 is 0 Å². The summed E-state index contributed by atoms with van der Waals surface area (Å²) >= 11 is 0. The smallest absolute Gasteiger partial charge is 0.0651 e. The normalized spacial score (nSPS) is 18.2. The number of rotatable bonds is 1. The summed E-state index contributed by atoms with van der Waals surface area (Å²) in [7, 11) is 0. The van der Waals surface area contributed by atoms with E-state index in [-0.39, 0.29) is 0 Å². The maximum atomic E-state index is 4.10. The Bertz CT molecular complexity index is 760. The van der Waals surface area contributed by atoms with Gasteiger partial charge in [0.15, 0.2) is 0 Å². The van der Waals surface area contributed by atoms with Crippen LogP contribution in [-0.2, 0) is 6.42 Å². The minimum atomic E-state index is 0.421. The first-order chi connectivity index (χ1) is 9.83. The lowest BCUT2D eigenvalue weighted by Gasteiger charge is -2.37. The molecule has 0 saturated carbocycles. The molecule has 0 radical (unpaired) electrons. The van der Waals surface area contributed by atoms with Crippen LogP contribution in [0.15, 0.2) is 48.7 Å². The highest BCUT2D eigenvalue weighted by Gasteiger charge is 2.23. The molecule has 0 spiro atoms. The number of aromatic amines is 1. The molecular formula is C17H17N3. The standard InChI is InChI=1S/C17H17N3/c1-12-16-5-3-2-4-13(16)8-9-20(12)15-6-7-17-14(10-15)11-18-19-17/h2-7,10-12H,8-9H2,1H3,(H,18,19). The summed E-state index contributed by atoms with van der Waals surface area (Å²) in [5.41, 5.74) is 5.31. The van der Waals surface area contributed by atoms with Crippen LogP contribution in [0.25, 0.3) is 10.9 Å². The predicted octanol–water partition coefficient (Wildman–Crippen LogP) is 3.69. The fourth-order valence-electron chi connectivity index (χ4n) is 3.23. The molecule has 2 aromatic carbocycles. The first kappa shape index (κ1) is 11.5. The van der Waals surface area contributed by atoms with E-state index in [9.17, 15) is 0 Å². The van der Waals surface area contributed by atoms with Crippen molar-refractivity contribution in [3.63, 3.8) is 0 Å². The monoisotopic (exact) mass is 263 g/mol. The Balaban J connectivity index is 1.76. The highest BCUT2D eigenvalue weighted by atomic mass is 15.2. The van der Waals surface area contributed by atoms with Crippen LogP contribution in [0, 0.1) is 0 Å². The topological polar surface area (TPSA) is 31.9 Å². The van der Waals surface area contributed by atoms with Crippen LogP contribution in [0.1, 0.15) is 24.1 Å². The number of anilines is 1. The maximum absolute atomic E-state index is 4.10. The van der Waals surface area contributed by atoms with Crippen molar-refractivity contribution < 1.29 is 0 Å². The lowest BCUT2D eigenvalue weighted by atomic mass is 9.93. The van der Waals surface area contributed by atoms with Gasteiger partial charge < -0.3 is 4.90 Å². The lowest BCUT2D eigenvalue weighted by molar-refractivity contribution is 0.625. The Hall–Kier alpha value is -2.29. The number of nitrogens with one attached hydrogen (secondary N) is 1. The van der Waals surface area contributed by atoms with Gasteiger partial charge in [0.2, 0.25) is 0 Å². The van der Waals surface area contributed by atoms with Gasteiger partial charge in [0, 0.05) is 17.6 Å². The predicted molar refractivity (Wildman–Crippen MR) is 82.0 cm³/mol. The SMILES string of the molecule is CC1c2ccccc2CCN1c1ccc2[nH]ncc2c1. The highest BCUT2D eigenvalue weighted by Crippen LogP contribution is 2.34. The summed E-state index contributed by atoms with van der Waals surface area (Å²) in [6.07, 6.45) is 3.01. The van der Waals surface area contributed by atoms with Crippen LogP contribution < -0.4 is 4.90 Å². The Kier molecular flexibility index (Phi) is 2.52. The average molecular weight is 263 g/mol. The molecule has 1 aliphatic heterocycles. The Morgan fingerprint density at radius 2 is 2.10 bits per heavy atom. The van der Waals surface area contributed by atoms with Crippen molar-refractivity contribution in [2.24, 2.45) is 0 Å². The molecule has 0 amide bonds. The fourth-order valence-corrected chi connectivity index (χ4v) is 3.23. The fraction of sp³-hybridized carbons (Fsp3) is 0.235. The zero-order valence-corrected chi connectivity index (χ0v) is 11.5. The summed E-state index contributed by atoms with van der Waals surface area (Å²) in [4.78, 5) is 2.48.